The summed E-state index contributed by atoms with van der Waals surface area (Å²) in [6, 6.07) is 5.54. The van der Waals surface area contributed by atoms with Crippen molar-refractivity contribution in [2.24, 2.45) is 5.73 Å². The van der Waals surface area contributed by atoms with Crippen LogP contribution in [0.5, 0.6) is 5.75 Å². The summed E-state index contributed by atoms with van der Waals surface area (Å²) in [6.45, 7) is 1.16. The summed E-state index contributed by atoms with van der Waals surface area (Å²) in [5.74, 6) is 0.860. The zero-order valence-corrected chi connectivity index (χ0v) is 8.62. The lowest BCUT2D eigenvalue weighted by atomic mass is 9.90. The smallest absolute Gasteiger partial charge is 0.251 e. The molecule has 80 valence electrons. The first-order valence-corrected chi connectivity index (χ1v) is 4.92. The Balaban J connectivity index is 2.47. The highest BCUT2D eigenvalue weighted by atomic mass is 16.5. The molecule has 0 radical (unpaired) electrons. The molecule has 1 atom stereocenters. The third-order valence-corrected chi connectivity index (χ3v) is 2.74. The molecule has 0 aromatic heterocycles. The van der Waals surface area contributed by atoms with E-state index in [9.17, 15) is 4.79 Å². The number of hydrogen-bond acceptors (Lipinski definition) is 3. The molecule has 1 aliphatic heterocycles. The van der Waals surface area contributed by atoms with Crippen molar-refractivity contribution in [2.45, 2.75) is 5.92 Å². The molecule has 0 bridgehead atoms. The van der Waals surface area contributed by atoms with Crippen molar-refractivity contribution in [2.75, 3.05) is 20.2 Å². The number of fused-ring (bicyclic) bond motifs is 1. The van der Waals surface area contributed by atoms with Crippen molar-refractivity contribution >= 4 is 5.91 Å². The SMILES string of the molecule is COc1ccc2c(c1)C(=O)NCC2CN. The molecule has 0 saturated heterocycles. The molecular formula is C11H14N2O2. The Morgan fingerprint density at radius 2 is 2.40 bits per heavy atom. The number of methoxy groups -OCH3 is 1. The van der Waals surface area contributed by atoms with Crippen molar-refractivity contribution in [3.05, 3.63) is 29.3 Å². The van der Waals surface area contributed by atoms with Gasteiger partial charge in [-0.05, 0) is 17.7 Å². The fourth-order valence-electron chi connectivity index (χ4n) is 1.85. The molecule has 0 spiro atoms. The molecule has 3 N–H and O–H groups in total. The van der Waals surface area contributed by atoms with E-state index in [1.165, 1.54) is 0 Å². The van der Waals surface area contributed by atoms with Crippen LogP contribution < -0.4 is 15.8 Å². The van der Waals surface area contributed by atoms with Gasteiger partial charge in [-0.2, -0.15) is 0 Å². The minimum Gasteiger partial charge on any atom is -0.497 e. The predicted molar refractivity (Wildman–Crippen MR) is 57.1 cm³/mol. The van der Waals surface area contributed by atoms with Gasteiger partial charge < -0.3 is 15.8 Å². The summed E-state index contributed by atoms with van der Waals surface area (Å²) in [4.78, 5) is 11.6. The lowest BCUT2D eigenvalue weighted by Crippen LogP contribution is -2.37. The van der Waals surface area contributed by atoms with Gasteiger partial charge in [-0.25, -0.2) is 0 Å². The monoisotopic (exact) mass is 206 g/mol. The molecule has 1 unspecified atom stereocenters. The first-order valence-electron chi connectivity index (χ1n) is 4.92. The van der Waals surface area contributed by atoms with Crippen molar-refractivity contribution in [1.29, 1.82) is 0 Å². The van der Waals surface area contributed by atoms with Crippen molar-refractivity contribution in [3.63, 3.8) is 0 Å². The van der Waals surface area contributed by atoms with E-state index in [2.05, 4.69) is 5.32 Å². The Kier molecular flexibility index (Phi) is 2.60. The third kappa shape index (κ3) is 1.68. The summed E-state index contributed by atoms with van der Waals surface area (Å²) in [5.41, 5.74) is 7.34. The van der Waals surface area contributed by atoms with Crippen LogP contribution in [0.25, 0.3) is 0 Å². The fourth-order valence-corrected chi connectivity index (χ4v) is 1.85. The number of nitrogens with one attached hydrogen (secondary N) is 1. The largest absolute Gasteiger partial charge is 0.497 e. The van der Waals surface area contributed by atoms with Crippen LogP contribution in [0.15, 0.2) is 18.2 Å². The quantitative estimate of drug-likeness (QED) is 0.739. The van der Waals surface area contributed by atoms with Gasteiger partial charge in [0.05, 0.1) is 7.11 Å². The van der Waals surface area contributed by atoms with Crippen LogP contribution in [-0.2, 0) is 0 Å². The van der Waals surface area contributed by atoms with E-state index in [0.717, 1.165) is 5.56 Å². The van der Waals surface area contributed by atoms with Crippen LogP contribution in [0.1, 0.15) is 21.8 Å². The number of amides is 1. The average molecular weight is 206 g/mol. The lowest BCUT2D eigenvalue weighted by molar-refractivity contribution is 0.0940. The van der Waals surface area contributed by atoms with E-state index in [0.29, 0.717) is 24.4 Å². The van der Waals surface area contributed by atoms with Crippen LogP contribution in [0, 0.1) is 0 Å². The van der Waals surface area contributed by atoms with E-state index in [-0.39, 0.29) is 11.8 Å². The number of hydrogen-bond donors (Lipinski definition) is 2. The third-order valence-electron chi connectivity index (χ3n) is 2.74. The van der Waals surface area contributed by atoms with Gasteiger partial charge in [0.1, 0.15) is 5.75 Å². The zero-order chi connectivity index (χ0) is 10.8. The molecule has 0 aliphatic carbocycles. The highest BCUT2D eigenvalue weighted by Gasteiger charge is 2.24. The molecule has 1 heterocycles. The number of nitrogens with two attached hydrogens (primary N) is 1. The van der Waals surface area contributed by atoms with Crippen LogP contribution in [-0.4, -0.2) is 26.1 Å². The number of carbonyl (C=O) groups excluding carboxylic acids is 1. The van der Waals surface area contributed by atoms with Crippen LogP contribution >= 0.6 is 0 Å². The first-order chi connectivity index (χ1) is 7.26. The highest BCUT2D eigenvalue weighted by Crippen LogP contribution is 2.26. The van der Waals surface area contributed by atoms with Crippen molar-refractivity contribution < 1.29 is 9.53 Å². The fraction of sp³-hybridized carbons (Fsp3) is 0.364. The van der Waals surface area contributed by atoms with Crippen molar-refractivity contribution in [3.8, 4) is 5.75 Å². The second-order valence-electron chi connectivity index (χ2n) is 3.60. The minimum atomic E-state index is -0.0476. The highest BCUT2D eigenvalue weighted by molar-refractivity contribution is 5.97. The Morgan fingerprint density at radius 1 is 1.60 bits per heavy atom. The molecule has 1 aliphatic rings. The van der Waals surface area contributed by atoms with Gasteiger partial charge in [-0.1, -0.05) is 6.07 Å². The summed E-state index contributed by atoms with van der Waals surface area (Å²) in [7, 11) is 1.59. The standard InChI is InChI=1S/C11H14N2O2/c1-15-8-2-3-9-7(5-12)6-13-11(14)10(9)4-8/h2-4,7H,5-6,12H2,1H3,(H,13,14). The molecule has 1 aromatic rings. The van der Waals surface area contributed by atoms with Gasteiger partial charge in [0, 0.05) is 24.6 Å². The van der Waals surface area contributed by atoms with Crippen LogP contribution in [0.2, 0.25) is 0 Å². The van der Waals surface area contributed by atoms with E-state index in [4.69, 9.17) is 10.5 Å². The summed E-state index contributed by atoms with van der Waals surface area (Å²) < 4.78 is 5.09. The Bertz CT molecular complexity index is 390. The topological polar surface area (TPSA) is 64.3 Å². The van der Waals surface area contributed by atoms with E-state index in [1.807, 2.05) is 12.1 Å². The van der Waals surface area contributed by atoms with Gasteiger partial charge in [0.25, 0.3) is 5.91 Å². The molecular weight excluding hydrogens is 192 g/mol. The lowest BCUT2D eigenvalue weighted by Gasteiger charge is -2.24. The number of ether oxygens (including phenoxy) is 1. The van der Waals surface area contributed by atoms with Gasteiger partial charge >= 0.3 is 0 Å². The number of rotatable bonds is 2. The van der Waals surface area contributed by atoms with Crippen molar-refractivity contribution in [1.82, 2.24) is 5.32 Å². The second kappa shape index (κ2) is 3.90. The molecule has 0 fully saturated rings. The molecule has 15 heavy (non-hydrogen) atoms. The summed E-state index contributed by atoms with van der Waals surface area (Å²) in [6.07, 6.45) is 0. The molecule has 1 amide bonds. The van der Waals surface area contributed by atoms with E-state index < -0.39 is 0 Å². The van der Waals surface area contributed by atoms with Gasteiger partial charge in [-0.15, -0.1) is 0 Å². The molecule has 4 heteroatoms. The normalized spacial score (nSPS) is 19.3. The van der Waals surface area contributed by atoms with E-state index >= 15 is 0 Å². The maximum Gasteiger partial charge on any atom is 0.251 e. The molecule has 0 saturated carbocycles. The molecule has 4 nitrogen and oxygen atoms in total. The average Bonchev–Trinajstić information content (AvgIpc) is 2.29. The second-order valence-corrected chi connectivity index (χ2v) is 3.60. The molecule has 1 aromatic carbocycles. The van der Waals surface area contributed by atoms with Gasteiger partial charge in [-0.3, -0.25) is 4.79 Å². The number of carbonyl (C=O) groups is 1. The Labute approximate surface area is 88.4 Å². The first kappa shape index (κ1) is 9.98. The Morgan fingerprint density at radius 3 is 3.07 bits per heavy atom. The van der Waals surface area contributed by atoms with Gasteiger partial charge in [0.2, 0.25) is 0 Å². The van der Waals surface area contributed by atoms with Crippen LogP contribution in [0.4, 0.5) is 0 Å². The summed E-state index contributed by atoms with van der Waals surface area (Å²) in [5, 5.41) is 2.82. The van der Waals surface area contributed by atoms with E-state index in [1.54, 1.807) is 13.2 Å². The minimum absolute atomic E-state index is 0.0476. The predicted octanol–water partition coefficient (Wildman–Crippen LogP) is 0.481. The van der Waals surface area contributed by atoms with Crippen LogP contribution in [0.3, 0.4) is 0 Å². The molecule has 2 rings (SSSR count). The zero-order valence-electron chi connectivity index (χ0n) is 8.62. The number of benzene rings is 1. The Hall–Kier alpha value is -1.55. The maximum absolute atomic E-state index is 11.6. The summed E-state index contributed by atoms with van der Waals surface area (Å²) >= 11 is 0. The maximum atomic E-state index is 11.6. The van der Waals surface area contributed by atoms with Gasteiger partial charge in [0.15, 0.2) is 0 Å².